The molecule has 0 bridgehead atoms. The third-order valence-electron chi connectivity index (χ3n) is 3.68. The van der Waals surface area contributed by atoms with Crippen molar-refractivity contribution in [2.24, 2.45) is 0 Å². The first kappa shape index (κ1) is 13.3. The van der Waals surface area contributed by atoms with Crippen LogP contribution in [0.1, 0.15) is 31.2 Å². The highest BCUT2D eigenvalue weighted by Crippen LogP contribution is 2.31. The van der Waals surface area contributed by atoms with Crippen molar-refractivity contribution in [3.8, 4) is 0 Å². The predicted octanol–water partition coefficient (Wildman–Crippen LogP) is 3.06. The van der Waals surface area contributed by atoms with Gasteiger partial charge >= 0.3 is 0 Å². The van der Waals surface area contributed by atoms with Crippen molar-refractivity contribution in [3.63, 3.8) is 0 Å². The van der Waals surface area contributed by atoms with E-state index in [4.69, 9.17) is 0 Å². The summed E-state index contributed by atoms with van der Waals surface area (Å²) in [6.45, 7) is 0.473. The molecule has 0 unspecified atom stereocenters. The lowest BCUT2D eigenvalue weighted by Gasteiger charge is -2.27. The molecule has 0 amide bonds. The molecule has 1 fully saturated rings. The van der Waals surface area contributed by atoms with E-state index in [-0.39, 0.29) is 11.7 Å². The van der Waals surface area contributed by atoms with E-state index >= 15 is 0 Å². The topological polar surface area (TPSA) is 15.3 Å². The minimum atomic E-state index is -0.463. The zero-order valence-electron chi connectivity index (χ0n) is 11.0. The minimum Gasteiger partial charge on any atom is -0.367 e. The van der Waals surface area contributed by atoms with Gasteiger partial charge in [-0.05, 0) is 37.6 Å². The highest BCUT2D eigenvalue weighted by molar-refractivity contribution is 5.51. The van der Waals surface area contributed by atoms with Crippen molar-refractivity contribution in [3.05, 3.63) is 29.3 Å². The average molecular weight is 254 g/mol. The van der Waals surface area contributed by atoms with Crippen molar-refractivity contribution < 1.29 is 8.78 Å². The van der Waals surface area contributed by atoms with Gasteiger partial charge in [0.2, 0.25) is 0 Å². The maximum Gasteiger partial charge on any atom is 0.149 e. The van der Waals surface area contributed by atoms with E-state index in [1.807, 2.05) is 0 Å². The summed E-state index contributed by atoms with van der Waals surface area (Å²) in [5, 5.41) is 2.90. The smallest absolute Gasteiger partial charge is 0.149 e. The minimum absolute atomic E-state index is 0.113. The number of halogens is 2. The molecule has 0 spiro atoms. The lowest BCUT2D eigenvalue weighted by atomic mass is 10.1. The van der Waals surface area contributed by atoms with Crippen LogP contribution in [0.25, 0.3) is 0 Å². The second kappa shape index (κ2) is 5.65. The molecule has 1 aromatic carbocycles. The van der Waals surface area contributed by atoms with Gasteiger partial charge in [0.25, 0.3) is 0 Å². The standard InChI is InChI=1S/C14H20F2N2/c1-17-9-10-7-12(15)14(13(16)8-10)18(2)11-5-3-4-6-11/h7-8,11,17H,3-6,9H2,1-2H3. The van der Waals surface area contributed by atoms with E-state index in [9.17, 15) is 8.78 Å². The van der Waals surface area contributed by atoms with E-state index in [0.29, 0.717) is 12.1 Å². The summed E-state index contributed by atoms with van der Waals surface area (Å²) in [5.74, 6) is -0.927. The molecular formula is C14H20F2N2. The molecule has 1 saturated carbocycles. The van der Waals surface area contributed by atoms with Crippen molar-refractivity contribution in [1.29, 1.82) is 0 Å². The fourth-order valence-electron chi connectivity index (χ4n) is 2.74. The van der Waals surface area contributed by atoms with E-state index in [1.165, 1.54) is 12.1 Å². The molecule has 0 radical (unpaired) electrons. The predicted molar refractivity (Wildman–Crippen MR) is 69.8 cm³/mol. The van der Waals surface area contributed by atoms with E-state index < -0.39 is 11.6 Å². The van der Waals surface area contributed by atoms with E-state index in [0.717, 1.165) is 25.7 Å². The molecule has 0 saturated heterocycles. The molecule has 100 valence electrons. The summed E-state index contributed by atoms with van der Waals surface area (Å²) in [4.78, 5) is 1.76. The van der Waals surface area contributed by atoms with Gasteiger partial charge in [-0.15, -0.1) is 0 Å². The molecule has 1 aromatic rings. The van der Waals surface area contributed by atoms with Crippen LogP contribution in [0.4, 0.5) is 14.5 Å². The number of nitrogens with zero attached hydrogens (tertiary/aromatic N) is 1. The first-order chi connectivity index (χ1) is 8.63. The summed E-state index contributed by atoms with van der Waals surface area (Å²) in [7, 11) is 3.55. The van der Waals surface area contributed by atoms with Crippen LogP contribution in [0.15, 0.2) is 12.1 Å². The van der Waals surface area contributed by atoms with Crippen LogP contribution in [0.3, 0.4) is 0 Å². The van der Waals surface area contributed by atoms with Gasteiger partial charge in [-0.3, -0.25) is 0 Å². The third-order valence-corrected chi connectivity index (χ3v) is 3.68. The van der Waals surface area contributed by atoms with Crippen molar-refractivity contribution in [1.82, 2.24) is 5.32 Å². The second-order valence-electron chi connectivity index (χ2n) is 4.99. The third kappa shape index (κ3) is 2.64. The molecule has 1 aliphatic rings. The molecule has 0 atom stereocenters. The monoisotopic (exact) mass is 254 g/mol. The van der Waals surface area contributed by atoms with Gasteiger partial charge in [-0.25, -0.2) is 8.78 Å². The van der Waals surface area contributed by atoms with Crippen LogP contribution >= 0.6 is 0 Å². The van der Waals surface area contributed by atoms with Gasteiger partial charge < -0.3 is 10.2 Å². The average Bonchev–Trinajstić information content (AvgIpc) is 2.81. The second-order valence-corrected chi connectivity index (χ2v) is 4.99. The maximum absolute atomic E-state index is 14.0. The molecule has 2 nitrogen and oxygen atoms in total. The summed E-state index contributed by atoms with van der Waals surface area (Å²) in [5.41, 5.74) is 0.748. The molecule has 2 rings (SSSR count). The Hall–Kier alpha value is -1.16. The van der Waals surface area contributed by atoms with Gasteiger partial charge in [0.05, 0.1) is 0 Å². The van der Waals surface area contributed by atoms with Crippen molar-refractivity contribution in [2.45, 2.75) is 38.3 Å². The summed E-state index contributed by atoms with van der Waals surface area (Å²) in [6.07, 6.45) is 4.34. The van der Waals surface area contributed by atoms with Crippen LogP contribution in [-0.4, -0.2) is 20.1 Å². The molecular weight excluding hydrogens is 234 g/mol. The summed E-state index contributed by atoms with van der Waals surface area (Å²) < 4.78 is 28.1. The van der Waals surface area contributed by atoms with Gasteiger partial charge in [-0.2, -0.15) is 0 Å². The fourth-order valence-corrected chi connectivity index (χ4v) is 2.74. The highest BCUT2D eigenvalue weighted by atomic mass is 19.1. The Morgan fingerprint density at radius 3 is 2.28 bits per heavy atom. The number of benzene rings is 1. The Kier molecular flexibility index (Phi) is 4.17. The largest absolute Gasteiger partial charge is 0.367 e. The van der Waals surface area contributed by atoms with Gasteiger partial charge in [-0.1, -0.05) is 12.8 Å². The molecule has 1 aliphatic carbocycles. The van der Waals surface area contributed by atoms with Crippen LogP contribution in [-0.2, 0) is 6.54 Å². The van der Waals surface area contributed by atoms with Crippen molar-refractivity contribution >= 4 is 5.69 Å². The molecule has 18 heavy (non-hydrogen) atoms. The molecule has 0 aliphatic heterocycles. The van der Waals surface area contributed by atoms with E-state index in [1.54, 1.807) is 19.0 Å². The number of hydrogen-bond acceptors (Lipinski definition) is 2. The number of hydrogen-bond donors (Lipinski definition) is 1. The van der Waals surface area contributed by atoms with Gasteiger partial charge in [0.15, 0.2) is 0 Å². The number of nitrogens with one attached hydrogen (secondary N) is 1. The van der Waals surface area contributed by atoms with Gasteiger partial charge in [0.1, 0.15) is 17.3 Å². The van der Waals surface area contributed by atoms with Gasteiger partial charge in [0, 0.05) is 19.6 Å². The lowest BCUT2D eigenvalue weighted by Crippen LogP contribution is -2.30. The van der Waals surface area contributed by atoms with Crippen LogP contribution in [0.5, 0.6) is 0 Å². The molecule has 0 heterocycles. The van der Waals surface area contributed by atoms with Crippen molar-refractivity contribution in [2.75, 3.05) is 19.0 Å². The van der Waals surface area contributed by atoms with E-state index in [2.05, 4.69) is 5.32 Å². The Balaban J connectivity index is 2.26. The number of anilines is 1. The quantitative estimate of drug-likeness (QED) is 0.888. The molecule has 4 heteroatoms. The first-order valence-corrected chi connectivity index (χ1v) is 6.49. The highest BCUT2D eigenvalue weighted by Gasteiger charge is 2.24. The normalized spacial score (nSPS) is 16.2. The Bertz CT molecular complexity index is 391. The Morgan fingerprint density at radius 1 is 1.22 bits per heavy atom. The Morgan fingerprint density at radius 2 is 1.78 bits per heavy atom. The number of rotatable bonds is 4. The molecule has 0 aromatic heterocycles. The SMILES string of the molecule is CNCc1cc(F)c(N(C)C2CCCC2)c(F)c1. The summed E-state index contributed by atoms with van der Waals surface area (Å²) in [6, 6.07) is 3.10. The zero-order valence-corrected chi connectivity index (χ0v) is 11.0. The maximum atomic E-state index is 14.0. The summed E-state index contributed by atoms with van der Waals surface area (Å²) >= 11 is 0. The lowest BCUT2D eigenvalue weighted by molar-refractivity contribution is 0.550. The van der Waals surface area contributed by atoms with Crippen LogP contribution in [0, 0.1) is 11.6 Å². The Labute approximate surface area is 107 Å². The van der Waals surface area contributed by atoms with Crippen LogP contribution in [0.2, 0.25) is 0 Å². The zero-order chi connectivity index (χ0) is 13.1. The van der Waals surface area contributed by atoms with Crippen LogP contribution < -0.4 is 10.2 Å². The fraction of sp³-hybridized carbons (Fsp3) is 0.571. The first-order valence-electron chi connectivity index (χ1n) is 6.49. The molecule has 1 N–H and O–H groups in total.